The molecule has 0 fully saturated rings. The maximum absolute atomic E-state index is 12.6. The normalized spacial score (nSPS) is 11.0. The summed E-state index contributed by atoms with van der Waals surface area (Å²) in [6, 6.07) is 8.93. The van der Waals surface area contributed by atoms with Crippen LogP contribution in [-0.4, -0.2) is 30.1 Å². The van der Waals surface area contributed by atoms with Crippen molar-refractivity contribution in [3.05, 3.63) is 40.9 Å². The summed E-state index contributed by atoms with van der Waals surface area (Å²) in [4.78, 5) is 21.7. The molecule has 2 aromatic carbocycles. The van der Waals surface area contributed by atoms with Crippen molar-refractivity contribution in [2.24, 2.45) is 0 Å². The van der Waals surface area contributed by atoms with Crippen molar-refractivity contribution in [2.75, 3.05) is 19.5 Å². The van der Waals surface area contributed by atoms with Gasteiger partial charge in [-0.15, -0.1) is 11.3 Å². The highest BCUT2D eigenvalue weighted by atomic mass is 32.1. The molecule has 132 valence electrons. The Bertz CT molecular complexity index is 1110. The van der Waals surface area contributed by atoms with Crippen LogP contribution in [0.5, 0.6) is 11.5 Å². The van der Waals surface area contributed by atoms with Crippen LogP contribution in [0.15, 0.2) is 30.3 Å². The number of thiazole rings is 2. The standard InChI is InChI=1S/C18H15N3O3S2/c1-9-19-13-4-5-14-16(15(13)25-9)26-18(20-14)21-17(22)10-6-11(23-2)8-12(7-10)24-3/h4-8H,1-3H3,(H,20,21,22). The first kappa shape index (κ1) is 16.7. The Morgan fingerprint density at radius 3 is 2.23 bits per heavy atom. The molecule has 26 heavy (non-hydrogen) atoms. The highest BCUT2D eigenvalue weighted by molar-refractivity contribution is 7.28. The van der Waals surface area contributed by atoms with Gasteiger partial charge in [0.2, 0.25) is 0 Å². The number of anilines is 1. The number of benzene rings is 2. The van der Waals surface area contributed by atoms with Crippen molar-refractivity contribution >= 4 is 54.1 Å². The largest absolute Gasteiger partial charge is 0.497 e. The molecule has 6 nitrogen and oxygen atoms in total. The zero-order valence-corrected chi connectivity index (χ0v) is 16.0. The Morgan fingerprint density at radius 1 is 0.962 bits per heavy atom. The van der Waals surface area contributed by atoms with E-state index in [0.717, 1.165) is 25.4 Å². The van der Waals surface area contributed by atoms with Crippen molar-refractivity contribution in [3.8, 4) is 11.5 Å². The number of methoxy groups -OCH3 is 2. The molecule has 1 amide bonds. The van der Waals surface area contributed by atoms with E-state index in [1.807, 2.05) is 19.1 Å². The average Bonchev–Trinajstić information content (AvgIpc) is 3.22. The van der Waals surface area contributed by atoms with Crippen LogP contribution in [0.3, 0.4) is 0 Å². The fourth-order valence-electron chi connectivity index (χ4n) is 2.65. The number of amides is 1. The fraction of sp³-hybridized carbons (Fsp3) is 0.167. The Kier molecular flexibility index (Phi) is 4.21. The highest BCUT2D eigenvalue weighted by Gasteiger charge is 2.15. The minimum absolute atomic E-state index is 0.266. The van der Waals surface area contributed by atoms with Gasteiger partial charge in [-0.1, -0.05) is 11.3 Å². The quantitative estimate of drug-likeness (QED) is 0.560. The van der Waals surface area contributed by atoms with E-state index in [1.54, 1.807) is 43.8 Å². The van der Waals surface area contributed by atoms with E-state index in [9.17, 15) is 4.79 Å². The van der Waals surface area contributed by atoms with E-state index in [2.05, 4.69) is 15.3 Å². The number of aryl methyl sites for hydroxylation is 1. The zero-order chi connectivity index (χ0) is 18.3. The molecule has 1 N–H and O–H groups in total. The third kappa shape index (κ3) is 2.97. The lowest BCUT2D eigenvalue weighted by Gasteiger charge is -2.07. The van der Waals surface area contributed by atoms with Gasteiger partial charge in [-0.3, -0.25) is 10.1 Å². The molecule has 0 aliphatic rings. The number of hydrogen-bond donors (Lipinski definition) is 1. The number of aromatic nitrogens is 2. The second-order valence-corrected chi connectivity index (χ2v) is 7.77. The first-order chi connectivity index (χ1) is 12.6. The van der Waals surface area contributed by atoms with E-state index in [4.69, 9.17) is 9.47 Å². The predicted octanol–water partition coefficient (Wildman–Crippen LogP) is 4.48. The van der Waals surface area contributed by atoms with Gasteiger partial charge in [-0.05, 0) is 31.2 Å². The third-order valence-corrected chi connectivity index (χ3v) is 5.99. The van der Waals surface area contributed by atoms with Crippen molar-refractivity contribution in [1.82, 2.24) is 9.97 Å². The van der Waals surface area contributed by atoms with Gasteiger partial charge in [0.15, 0.2) is 5.13 Å². The number of hydrogen-bond acceptors (Lipinski definition) is 7. The molecule has 4 aromatic rings. The van der Waals surface area contributed by atoms with Crippen LogP contribution in [0, 0.1) is 6.92 Å². The molecule has 0 spiro atoms. The molecule has 0 atom stereocenters. The number of nitrogens with zero attached hydrogens (tertiary/aromatic N) is 2. The number of carbonyl (C=O) groups excluding carboxylic acids is 1. The van der Waals surface area contributed by atoms with Crippen LogP contribution in [0.25, 0.3) is 20.4 Å². The Hall–Kier alpha value is -2.71. The molecule has 4 rings (SSSR count). The van der Waals surface area contributed by atoms with Crippen LogP contribution in [-0.2, 0) is 0 Å². The Morgan fingerprint density at radius 2 is 1.58 bits per heavy atom. The summed E-state index contributed by atoms with van der Waals surface area (Å²) in [5.41, 5.74) is 2.25. The van der Waals surface area contributed by atoms with Gasteiger partial charge in [0, 0.05) is 11.6 Å². The second kappa shape index (κ2) is 6.54. The summed E-state index contributed by atoms with van der Waals surface area (Å²) >= 11 is 3.08. The summed E-state index contributed by atoms with van der Waals surface area (Å²) in [6.45, 7) is 1.98. The summed E-state index contributed by atoms with van der Waals surface area (Å²) in [5, 5.41) is 4.42. The lowest BCUT2D eigenvalue weighted by molar-refractivity contribution is 0.102. The SMILES string of the molecule is COc1cc(OC)cc(C(=O)Nc2nc3ccc4nc(C)sc4c3s2)c1. The van der Waals surface area contributed by atoms with E-state index in [-0.39, 0.29) is 5.91 Å². The van der Waals surface area contributed by atoms with Crippen molar-refractivity contribution in [3.63, 3.8) is 0 Å². The van der Waals surface area contributed by atoms with Gasteiger partial charge >= 0.3 is 0 Å². The average molecular weight is 385 g/mol. The summed E-state index contributed by atoms with van der Waals surface area (Å²) in [7, 11) is 3.10. The van der Waals surface area contributed by atoms with Crippen LogP contribution < -0.4 is 14.8 Å². The summed E-state index contributed by atoms with van der Waals surface area (Å²) in [5.74, 6) is 0.847. The van der Waals surface area contributed by atoms with E-state index in [1.165, 1.54) is 11.3 Å². The highest BCUT2D eigenvalue weighted by Crippen LogP contribution is 2.36. The lowest BCUT2D eigenvalue weighted by Crippen LogP contribution is -2.12. The van der Waals surface area contributed by atoms with Gasteiger partial charge in [-0.25, -0.2) is 9.97 Å². The molecule has 0 radical (unpaired) electrons. The van der Waals surface area contributed by atoms with Crippen LogP contribution in [0.4, 0.5) is 5.13 Å². The van der Waals surface area contributed by atoms with Crippen LogP contribution in [0.2, 0.25) is 0 Å². The first-order valence-corrected chi connectivity index (χ1v) is 9.42. The molecule has 0 saturated carbocycles. The maximum atomic E-state index is 12.6. The third-order valence-electron chi connectivity index (χ3n) is 3.85. The lowest BCUT2D eigenvalue weighted by atomic mass is 10.2. The number of fused-ring (bicyclic) bond motifs is 3. The van der Waals surface area contributed by atoms with Crippen molar-refractivity contribution in [1.29, 1.82) is 0 Å². The summed E-state index contributed by atoms with van der Waals surface area (Å²) in [6.07, 6.45) is 0. The molecular formula is C18H15N3O3S2. The summed E-state index contributed by atoms with van der Waals surface area (Å²) < 4.78 is 12.6. The van der Waals surface area contributed by atoms with Gasteiger partial charge in [0.05, 0.1) is 39.7 Å². The molecule has 0 saturated heterocycles. The molecule has 0 aliphatic carbocycles. The Labute approximate surface area is 157 Å². The molecular weight excluding hydrogens is 370 g/mol. The molecule has 0 unspecified atom stereocenters. The van der Waals surface area contributed by atoms with Gasteiger partial charge < -0.3 is 9.47 Å². The minimum Gasteiger partial charge on any atom is -0.497 e. The molecule has 8 heteroatoms. The number of ether oxygens (including phenoxy) is 2. The minimum atomic E-state index is -0.266. The van der Waals surface area contributed by atoms with Gasteiger partial charge in [0.25, 0.3) is 5.91 Å². The number of rotatable bonds is 4. The molecule has 2 heterocycles. The Balaban J connectivity index is 1.68. The molecule has 0 aliphatic heterocycles. The van der Waals surface area contributed by atoms with E-state index < -0.39 is 0 Å². The molecule has 0 bridgehead atoms. The number of nitrogens with one attached hydrogen (secondary N) is 1. The van der Waals surface area contributed by atoms with E-state index in [0.29, 0.717) is 22.2 Å². The maximum Gasteiger partial charge on any atom is 0.257 e. The van der Waals surface area contributed by atoms with Crippen LogP contribution in [0.1, 0.15) is 15.4 Å². The van der Waals surface area contributed by atoms with Gasteiger partial charge in [0.1, 0.15) is 11.5 Å². The number of carbonyl (C=O) groups is 1. The smallest absolute Gasteiger partial charge is 0.257 e. The topological polar surface area (TPSA) is 73.3 Å². The monoisotopic (exact) mass is 385 g/mol. The van der Waals surface area contributed by atoms with E-state index >= 15 is 0 Å². The van der Waals surface area contributed by atoms with Crippen molar-refractivity contribution < 1.29 is 14.3 Å². The van der Waals surface area contributed by atoms with Crippen molar-refractivity contribution in [2.45, 2.75) is 6.92 Å². The first-order valence-electron chi connectivity index (χ1n) is 7.78. The fourth-order valence-corrected chi connectivity index (χ4v) is 4.65. The predicted molar refractivity (Wildman–Crippen MR) is 105 cm³/mol. The molecule has 2 aromatic heterocycles. The second-order valence-electron chi connectivity index (χ2n) is 5.57. The van der Waals surface area contributed by atoms with Crippen LogP contribution >= 0.6 is 22.7 Å². The van der Waals surface area contributed by atoms with Gasteiger partial charge in [-0.2, -0.15) is 0 Å². The zero-order valence-electron chi connectivity index (χ0n) is 14.3.